The minimum absolute atomic E-state index is 0.0777. The van der Waals surface area contributed by atoms with Crippen LogP contribution >= 0.6 is 0 Å². The van der Waals surface area contributed by atoms with Crippen LogP contribution in [0, 0.1) is 11.9 Å². The van der Waals surface area contributed by atoms with Crippen molar-refractivity contribution in [1.29, 1.82) is 0 Å². The van der Waals surface area contributed by atoms with Crippen LogP contribution in [-0.2, 0) is 4.79 Å². The molecule has 3 rings (SSSR count). The fraction of sp³-hybridized carbons (Fsp3) is 0.467. The molecule has 0 radical (unpaired) electrons. The Balaban J connectivity index is 1.77. The van der Waals surface area contributed by atoms with Gasteiger partial charge < -0.3 is 5.32 Å². The zero-order valence-electron chi connectivity index (χ0n) is 11.7. The molecule has 1 fully saturated rings. The van der Waals surface area contributed by atoms with Gasteiger partial charge in [0.25, 0.3) is 0 Å². The molecule has 0 saturated heterocycles. The molecule has 21 heavy (non-hydrogen) atoms. The fourth-order valence-corrected chi connectivity index (χ4v) is 2.89. The second-order valence-electron chi connectivity index (χ2n) is 5.50. The molecule has 0 aliphatic heterocycles. The predicted octanol–water partition coefficient (Wildman–Crippen LogP) is 3.07. The first kappa shape index (κ1) is 13.9. The van der Waals surface area contributed by atoms with Crippen molar-refractivity contribution in [2.75, 3.05) is 5.32 Å². The van der Waals surface area contributed by atoms with Gasteiger partial charge in [0.2, 0.25) is 11.9 Å². The van der Waals surface area contributed by atoms with Gasteiger partial charge in [0, 0.05) is 18.0 Å². The van der Waals surface area contributed by atoms with Crippen molar-refractivity contribution in [1.82, 2.24) is 15.0 Å². The lowest BCUT2D eigenvalue weighted by atomic mass is 9.87. The second-order valence-corrected chi connectivity index (χ2v) is 5.50. The average Bonchev–Trinajstić information content (AvgIpc) is 2.51. The van der Waals surface area contributed by atoms with E-state index < -0.39 is 5.95 Å². The molecule has 110 valence electrons. The van der Waals surface area contributed by atoms with Gasteiger partial charge in [0.1, 0.15) is 12.0 Å². The summed E-state index contributed by atoms with van der Waals surface area (Å²) in [7, 11) is 0. The zero-order chi connectivity index (χ0) is 14.7. The van der Waals surface area contributed by atoms with E-state index in [0.29, 0.717) is 23.2 Å². The van der Waals surface area contributed by atoms with Crippen molar-refractivity contribution < 1.29 is 9.18 Å². The summed E-state index contributed by atoms with van der Waals surface area (Å²) in [6.45, 7) is 0. The summed E-state index contributed by atoms with van der Waals surface area (Å²) in [5.41, 5.74) is 0.591. The van der Waals surface area contributed by atoms with Crippen molar-refractivity contribution in [2.24, 2.45) is 5.92 Å². The SMILES string of the molecule is O=C(CC1CCCCC1)Nc1c(F)ncc2ncncc12. The van der Waals surface area contributed by atoms with E-state index in [0.717, 1.165) is 12.8 Å². The average molecular weight is 288 g/mol. The maximum atomic E-state index is 13.9. The summed E-state index contributed by atoms with van der Waals surface area (Å²) in [6.07, 6.45) is 10.4. The molecule has 1 N–H and O–H groups in total. The topological polar surface area (TPSA) is 67.8 Å². The van der Waals surface area contributed by atoms with Gasteiger partial charge in [-0.2, -0.15) is 4.39 Å². The third kappa shape index (κ3) is 3.15. The number of nitrogens with one attached hydrogen (secondary N) is 1. The lowest BCUT2D eigenvalue weighted by Crippen LogP contribution is -2.19. The highest BCUT2D eigenvalue weighted by atomic mass is 19.1. The Kier molecular flexibility index (Phi) is 4.03. The molecule has 2 aromatic heterocycles. The van der Waals surface area contributed by atoms with Gasteiger partial charge in [-0.15, -0.1) is 0 Å². The Morgan fingerprint density at radius 3 is 2.86 bits per heavy atom. The summed E-state index contributed by atoms with van der Waals surface area (Å²) in [6, 6.07) is 0. The molecule has 1 saturated carbocycles. The van der Waals surface area contributed by atoms with Gasteiger partial charge in [-0.3, -0.25) is 4.79 Å². The number of carbonyl (C=O) groups excluding carboxylic acids is 1. The molecular formula is C15H17FN4O. The van der Waals surface area contributed by atoms with Crippen LogP contribution in [0.15, 0.2) is 18.7 Å². The summed E-state index contributed by atoms with van der Waals surface area (Å²) >= 11 is 0. The fourth-order valence-electron chi connectivity index (χ4n) is 2.89. The third-order valence-corrected chi connectivity index (χ3v) is 3.98. The Morgan fingerprint density at radius 1 is 1.24 bits per heavy atom. The summed E-state index contributed by atoms with van der Waals surface area (Å²) in [4.78, 5) is 23.7. The van der Waals surface area contributed by atoms with Gasteiger partial charge in [-0.05, 0) is 18.8 Å². The Labute approximate surface area is 122 Å². The summed E-state index contributed by atoms with van der Waals surface area (Å²) in [5, 5.41) is 3.12. The molecule has 1 aliphatic rings. The van der Waals surface area contributed by atoms with E-state index >= 15 is 0 Å². The van der Waals surface area contributed by atoms with Crippen molar-refractivity contribution in [3.63, 3.8) is 0 Å². The molecule has 0 bridgehead atoms. The number of pyridine rings is 1. The van der Waals surface area contributed by atoms with Gasteiger partial charge in [-0.1, -0.05) is 19.3 Å². The van der Waals surface area contributed by atoms with Crippen LogP contribution < -0.4 is 5.32 Å². The van der Waals surface area contributed by atoms with Crippen molar-refractivity contribution >= 4 is 22.5 Å². The summed E-state index contributed by atoms with van der Waals surface area (Å²) in [5.74, 6) is -0.464. The van der Waals surface area contributed by atoms with Crippen LogP contribution in [0.2, 0.25) is 0 Å². The lowest BCUT2D eigenvalue weighted by Gasteiger charge is -2.21. The Bertz CT molecular complexity index is 655. The normalized spacial score (nSPS) is 16.0. The maximum Gasteiger partial charge on any atom is 0.237 e. The van der Waals surface area contributed by atoms with E-state index in [2.05, 4.69) is 20.3 Å². The van der Waals surface area contributed by atoms with Crippen molar-refractivity contribution in [2.45, 2.75) is 38.5 Å². The number of aromatic nitrogens is 3. The molecule has 0 aromatic carbocycles. The standard InChI is InChI=1S/C15H17FN4O/c16-15-14(11-7-17-9-19-12(11)8-18-15)20-13(21)6-10-4-2-1-3-5-10/h7-10H,1-6H2,(H,20,21). The lowest BCUT2D eigenvalue weighted by molar-refractivity contribution is -0.117. The van der Waals surface area contributed by atoms with Gasteiger partial charge in [-0.25, -0.2) is 15.0 Å². The van der Waals surface area contributed by atoms with Crippen molar-refractivity contribution in [3.05, 3.63) is 24.7 Å². The largest absolute Gasteiger partial charge is 0.322 e. The van der Waals surface area contributed by atoms with E-state index in [1.165, 1.54) is 38.0 Å². The van der Waals surface area contributed by atoms with Crippen LogP contribution in [0.25, 0.3) is 10.9 Å². The molecule has 2 aromatic rings. The van der Waals surface area contributed by atoms with E-state index in [4.69, 9.17) is 0 Å². The first-order valence-electron chi connectivity index (χ1n) is 7.28. The number of amides is 1. The highest BCUT2D eigenvalue weighted by Gasteiger charge is 2.19. The maximum absolute atomic E-state index is 13.9. The first-order chi connectivity index (χ1) is 10.2. The molecule has 1 aliphatic carbocycles. The number of fused-ring (bicyclic) bond motifs is 1. The highest BCUT2D eigenvalue weighted by molar-refractivity contribution is 6.00. The molecule has 1 amide bonds. The Morgan fingerprint density at radius 2 is 2.05 bits per heavy atom. The molecule has 2 heterocycles. The number of halogens is 1. The molecule has 0 unspecified atom stereocenters. The number of anilines is 1. The predicted molar refractivity (Wildman–Crippen MR) is 77.1 cm³/mol. The van der Waals surface area contributed by atoms with Crippen LogP contribution in [0.1, 0.15) is 38.5 Å². The first-order valence-corrected chi connectivity index (χ1v) is 7.28. The second kappa shape index (κ2) is 6.11. The third-order valence-electron chi connectivity index (χ3n) is 3.98. The van der Waals surface area contributed by atoms with Crippen LogP contribution in [0.5, 0.6) is 0 Å². The van der Waals surface area contributed by atoms with Gasteiger partial charge in [0.15, 0.2) is 0 Å². The monoisotopic (exact) mass is 288 g/mol. The number of carbonyl (C=O) groups is 1. The van der Waals surface area contributed by atoms with Gasteiger partial charge in [0.05, 0.1) is 11.7 Å². The van der Waals surface area contributed by atoms with Crippen molar-refractivity contribution in [3.8, 4) is 0 Å². The molecule has 5 nitrogen and oxygen atoms in total. The minimum Gasteiger partial charge on any atom is -0.322 e. The Hall–Kier alpha value is -2.11. The smallest absolute Gasteiger partial charge is 0.237 e. The van der Waals surface area contributed by atoms with E-state index in [1.807, 2.05) is 0 Å². The molecule has 0 spiro atoms. The molecule has 0 atom stereocenters. The number of nitrogens with zero attached hydrogens (tertiary/aromatic N) is 3. The minimum atomic E-state index is -0.700. The zero-order valence-corrected chi connectivity index (χ0v) is 11.7. The number of hydrogen-bond donors (Lipinski definition) is 1. The number of hydrogen-bond acceptors (Lipinski definition) is 4. The van der Waals surface area contributed by atoms with Crippen LogP contribution in [0.3, 0.4) is 0 Å². The van der Waals surface area contributed by atoms with Crippen LogP contribution in [0.4, 0.5) is 10.1 Å². The number of rotatable bonds is 3. The quantitative estimate of drug-likeness (QED) is 0.881. The van der Waals surface area contributed by atoms with E-state index in [9.17, 15) is 9.18 Å². The van der Waals surface area contributed by atoms with E-state index in [1.54, 1.807) is 0 Å². The molecule has 6 heteroatoms. The summed E-state index contributed by atoms with van der Waals surface area (Å²) < 4.78 is 13.9. The van der Waals surface area contributed by atoms with Crippen LogP contribution in [-0.4, -0.2) is 20.9 Å². The van der Waals surface area contributed by atoms with Gasteiger partial charge >= 0.3 is 0 Å². The van der Waals surface area contributed by atoms with E-state index in [-0.39, 0.29) is 11.6 Å². The molecular weight excluding hydrogens is 271 g/mol. The highest BCUT2D eigenvalue weighted by Crippen LogP contribution is 2.28.